The predicted molar refractivity (Wildman–Crippen MR) is 97.8 cm³/mol. The number of hydrogen-bond acceptors (Lipinski definition) is 3. The molecule has 3 aromatic rings. The van der Waals surface area contributed by atoms with E-state index in [0.29, 0.717) is 11.4 Å². The molecule has 0 atom stereocenters. The van der Waals surface area contributed by atoms with Gasteiger partial charge in [-0.05, 0) is 31.0 Å². The van der Waals surface area contributed by atoms with Crippen molar-refractivity contribution in [3.63, 3.8) is 0 Å². The Bertz CT molecular complexity index is 804. The highest BCUT2D eigenvalue weighted by Gasteiger charge is 2.18. The van der Waals surface area contributed by atoms with Crippen molar-refractivity contribution in [2.45, 2.75) is 33.2 Å². The van der Waals surface area contributed by atoms with E-state index >= 15 is 0 Å². The molecule has 0 saturated heterocycles. The Kier molecular flexibility index (Phi) is 5.11. The van der Waals surface area contributed by atoms with Crippen LogP contribution in [0.2, 0.25) is 0 Å². The van der Waals surface area contributed by atoms with Crippen molar-refractivity contribution in [2.75, 3.05) is 0 Å². The number of thiazole rings is 1. The van der Waals surface area contributed by atoms with Gasteiger partial charge in [-0.2, -0.15) is 0 Å². The summed E-state index contributed by atoms with van der Waals surface area (Å²) in [5.41, 5.74) is 3.20. The van der Waals surface area contributed by atoms with Crippen molar-refractivity contribution in [2.24, 2.45) is 0 Å². The van der Waals surface area contributed by atoms with Gasteiger partial charge in [0.05, 0.1) is 5.69 Å². The Morgan fingerprint density at radius 2 is 1.92 bits per heavy atom. The summed E-state index contributed by atoms with van der Waals surface area (Å²) >= 11 is 1.44. The molecule has 5 heteroatoms. The number of aromatic nitrogens is 2. The predicted octanol–water partition coefficient (Wildman–Crippen LogP) is 4.12. The van der Waals surface area contributed by atoms with E-state index in [9.17, 15) is 4.79 Å². The van der Waals surface area contributed by atoms with Crippen LogP contribution < -0.4 is 5.32 Å². The molecule has 2 heterocycles. The van der Waals surface area contributed by atoms with Crippen LogP contribution in [0.4, 0.5) is 0 Å². The van der Waals surface area contributed by atoms with Gasteiger partial charge >= 0.3 is 0 Å². The molecule has 1 aromatic carbocycles. The van der Waals surface area contributed by atoms with Crippen LogP contribution in [-0.2, 0) is 13.0 Å². The van der Waals surface area contributed by atoms with Crippen LogP contribution in [0.15, 0.2) is 48.8 Å². The summed E-state index contributed by atoms with van der Waals surface area (Å²) in [7, 11) is 0. The zero-order valence-electron chi connectivity index (χ0n) is 14.0. The molecule has 0 unspecified atom stereocenters. The maximum atomic E-state index is 12.6. The second kappa shape index (κ2) is 7.45. The second-order valence-electron chi connectivity index (χ2n) is 5.78. The van der Waals surface area contributed by atoms with Gasteiger partial charge in [0.25, 0.3) is 5.91 Å². The highest BCUT2D eigenvalue weighted by Crippen LogP contribution is 2.23. The highest BCUT2D eigenvalue weighted by atomic mass is 32.1. The lowest BCUT2D eigenvalue weighted by molar-refractivity contribution is 0.0954. The van der Waals surface area contributed by atoms with Crippen molar-refractivity contribution in [1.82, 2.24) is 14.9 Å². The van der Waals surface area contributed by atoms with Gasteiger partial charge in [0.1, 0.15) is 4.88 Å². The molecule has 0 radical (unpaired) electrons. The van der Waals surface area contributed by atoms with Crippen molar-refractivity contribution < 1.29 is 4.79 Å². The molecule has 0 aliphatic heterocycles. The number of carbonyl (C=O) groups is 1. The molecule has 0 bridgehead atoms. The second-order valence-corrected chi connectivity index (χ2v) is 6.76. The minimum atomic E-state index is -0.0464. The number of benzene rings is 1. The average Bonchev–Trinajstić information content (AvgIpc) is 3.24. The molecule has 0 aliphatic carbocycles. The molecule has 124 valence electrons. The lowest BCUT2D eigenvalue weighted by atomic mass is 10.1. The average molecular weight is 339 g/mol. The summed E-state index contributed by atoms with van der Waals surface area (Å²) in [6.07, 6.45) is 5.67. The first-order chi connectivity index (χ1) is 11.7. The number of nitrogens with zero attached hydrogens (tertiary/aromatic N) is 2. The van der Waals surface area contributed by atoms with Gasteiger partial charge in [-0.1, -0.05) is 54.5 Å². The zero-order chi connectivity index (χ0) is 16.9. The van der Waals surface area contributed by atoms with Crippen LogP contribution in [0.1, 0.15) is 39.8 Å². The van der Waals surface area contributed by atoms with E-state index in [0.717, 1.165) is 29.2 Å². The standard InChI is InChI=1S/C19H21N3OS/c1-3-6-16-17(24-19(21-16)22-11-4-5-12-22)18(23)20-13-15-9-7-14(2)8-10-15/h4-5,7-12H,3,6,13H2,1-2H3,(H,20,23). The third kappa shape index (κ3) is 3.74. The van der Waals surface area contributed by atoms with Gasteiger partial charge in [-0.3, -0.25) is 4.79 Å². The number of nitrogens with one attached hydrogen (secondary N) is 1. The third-order valence-electron chi connectivity index (χ3n) is 3.78. The van der Waals surface area contributed by atoms with Crippen LogP contribution in [0, 0.1) is 6.92 Å². The van der Waals surface area contributed by atoms with E-state index in [1.807, 2.05) is 41.2 Å². The normalized spacial score (nSPS) is 10.8. The highest BCUT2D eigenvalue weighted by molar-refractivity contribution is 7.16. The molecule has 1 N–H and O–H groups in total. The van der Waals surface area contributed by atoms with Gasteiger partial charge in [-0.25, -0.2) is 4.98 Å². The van der Waals surface area contributed by atoms with Crippen molar-refractivity contribution in [3.05, 3.63) is 70.5 Å². The van der Waals surface area contributed by atoms with Crippen LogP contribution in [0.25, 0.3) is 5.13 Å². The molecule has 0 fully saturated rings. The van der Waals surface area contributed by atoms with Crippen LogP contribution in [0.5, 0.6) is 0 Å². The van der Waals surface area contributed by atoms with Crippen molar-refractivity contribution in [3.8, 4) is 5.13 Å². The third-order valence-corrected chi connectivity index (χ3v) is 4.89. The van der Waals surface area contributed by atoms with Gasteiger partial charge in [0, 0.05) is 18.9 Å². The van der Waals surface area contributed by atoms with E-state index in [2.05, 4.69) is 36.3 Å². The van der Waals surface area contributed by atoms with Crippen molar-refractivity contribution >= 4 is 17.2 Å². The Labute approximate surface area is 146 Å². The lowest BCUT2D eigenvalue weighted by Gasteiger charge is -2.05. The molecular formula is C19H21N3OS. The quantitative estimate of drug-likeness (QED) is 0.734. The van der Waals surface area contributed by atoms with E-state index < -0.39 is 0 Å². The fraction of sp³-hybridized carbons (Fsp3) is 0.263. The molecule has 1 amide bonds. The van der Waals surface area contributed by atoms with Gasteiger partial charge in [-0.15, -0.1) is 0 Å². The maximum absolute atomic E-state index is 12.6. The maximum Gasteiger partial charge on any atom is 0.263 e. The molecule has 2 aromatic heterocycles. The number of carbonyl (C=O) groups excluding carboxylic acids is 1. The Morgan fingerprint density at radius 3 is 2.58 bits per heavy atom. The summed E-state index contributed by atoms with van der Waals surface area (Å²) in [6.45, 7) is 4.68. The topological polar surface area (TPSA) is 46.9 Å². The van der Waals surface area contributed by atoms with E-state index in [-0.39, 0.29) is 5.91 Å². The molecular weight excluding hydrogens is 318 g/mol. The SMILES string of the molecule is CCCc1nc(-n2cccc2)sc1C(=O)NCc1ccc(C)cc1. The number of hydrogen-bond donors (Lipinski definition) is 1. The number of amides is 1. The zero-order valence-corrected chi connectivity index (χ0v) is 14.8. The minimum Gasteiger partial charge on any atom is -0.347 e. The van der Waals surface area contributed by atoms with Crippen molar-refractivity contribution in [1.29, 1.82) is 0 Å². The van der Waals surface area contributed by atoms with Gasteiger partial charge in [0.15, 0.2) is 5.13 Å². The molecule has 3 rings (SSSR count). The Morgan fingerprint density at radius 1 is 1.21 bits per heavy atom. The number of rotatable bonds is 6. The lowest BCUT2D eigenvalue weighted by Crippen LogP contribution is -2.23. The van der Waals surface area contributed by atoms with Gasteiger partial charge < -0.3 is 9.88 Å². The monoisotopic (exact) mass is 339 g/mol. The minimum absolute atomic E-state index is 0.0464. The first-order valence-corrected chi connectivity index (χ1v) is 8.96. The van der Waals surface area contributed by atoms with Crippen LogP contribution >= 0.6 is 11.3 Å². The van der Waals surface area contributed by atoms with E-state index in [4.69, 9.17) is 0 Å². The fourth-order valence-electron chi connectivity index (χ4n) is 2.46. The van der Waals surface area contributed by atoms with E-state index in [1.54, 1.807) is 0 Å². The van der Waals surface area contributed by atoms with Crippen LogP contribution in [0.3, 0.4) is 0 Å². The Hall–Kier alpha value is -2.40. The fourth-order valence-corrected chi connectivity index (χ4v) is 3.46. The van der Waals surface area contributed by atoms with Gasteiger partial charge in [0.2, 0.25) is 0 Å². The summed E-state index contributed by atoms with van der Waals surface area (Å²) < 4.78 is 1.95. The first kappa shape index (κ1) is 16.5. The Balaban J connectivity index is 1.76. The first-order valence-electron chi connectivity index (χ1n) is 8.14. The molecule has 24 heavy (non-hydrogen) atoms. The summed E-state index contributed by atoms with van der Waals surface area (Å²) in [4.78, 5) is 18.0. The molecule has 0 saturated carbocycles. The summed E-state index contributed by atoms with van der Waals surface area (Å²) in [5, 5.41) is 3.85. The smallest absolute Gasteiger partial charge is 0.263 e. The molecule has 0 aliphatic rings. The number of aryl methyl sites for hydroxylation is 2. The summed E-state index contributed by atoms with van der Waals surface area (Å²) in [5.74, 6) is -0.0464. The van der Waals surface area contributed by atoms with Crippen LogP contribution in [-0.4, -0.2) is 15.5 Å². The largest absolute Gasteiger partial charge is 0.347 e. The molecule has 4 nitrogen and oxygen atoms in total. The van der Waals surface area contributed by atoms with E-state index in [1.165, 1.54) is 16.9 Å². The molecule has 0 spiro atoms. The summed E-state index contributed by atoms with van der Waals surface area (Å²) in [6, 6.07) is 12.1.